The van der Waals surface area contributed by atoms with Gasteiger partial charge in [0.1, 0.15) is 5.82 Å². The summed E-state index contributed by atoms with van der Waals surface area (Å²) in [7, 11) is -3.70. The summed E-state index contributed by atoms with van der Waals surface area (Å²) >= 11 is 0. The van der Waals surface area contributed by atoms with Crippen molar-refractivity contribution < 1.29 is 12.8 Å². The molecule has 0 atom stereocenters. The second kappa shape index (κ2) is 5.75. The summed E-state index contributed by atoms with van der Waals surface area (Å²) in [6.07, 6.45) is 2.95. The fraction of sp³-hybridized carbons (Fsp3) is 0.167. The van der Waals surface area contributed by atoms with Crippen LogP contribution in [0.2, 0.25) is 0 Å². The zero-order chi connectivity index (χ0) is 12.9. The largest absolute Gasteiger partial charge is 0.243 e. The Labute approximate surface area is 101 Å². The van der Waals surface area contributed by atoms with Crippen molar-refractivity contribution in [3.8, 4) is 0 Å². The monoisotopic (exact) mass is 255 g/mol. The van der Waals surface area contributed by atoms with Crippen LogP contribution in [0.15, 0.2) is 54.5 Å². The summed E-state index contributed by atoms with van der Waals surface area (Å²) in [4.78, 5) is -0.0683. The molecule has 0 saturated heterocycles. The molecule has 92 valence electrons. The average molecular weight is 255 g/mol. The number of hydrogen-bond acceptors (Lipinski definition) is 2. The van der Waals surface area contributed by atoms with Crippen LogP contribution in [-0.2, 0) is 10.0 Å². The van der Waals surface area contributed by atoms with Gasteiger partial charge in [-0.15, -0.1) is 13.2 Å². The van der Waals surface area contributed by atoms with Crippen molar-refractivity contribution in [2.24, 2.45) is 0 Å². The van der Waals surface area contributed by atoms with Gasteiger partial charge in [-0.1, -0.05) is 18.2 Å². The van der Waals surface area contributed by atoms with E-state index in [1.54, 1.807) is 0 Å². The quantitative estimate of drug-likeness (QED) is 0.731. The minimum atomic E-state index is -3.70. The van der Waals surface area contributed by atoms with E-state index in [1.807, 2.05) is 0 Å². The molecule has 0 N–H and O–H groups in total. The SMILES string of the molecule is C=CCN(CC=C)S(=O)(=O)c1cccc(F)c1. The topological polar surface area (TPSA) is 37.4 Å². The molecule has 0 saturated carbocycles. The van der Waals surface area contributed by atoms with Gasteiger partial charge in [0.15, 0.2) is 0 Å². The standard InChI is InChI=1S/C12H14FNO2S/c1-3-8-14(9-4-2)17(15,16)12-7-5-6-11(13)10-12/h3-7,10H,1-2,8-9H2. The van der Waals surface area contributed by atoms with Gasteiger partial charge < -0.3 is 0 Å². The molecule has 0 bridgehead atoms. The van der Waals surface area contributed by atoms with Crippen molar-refractivity contribution in [3.63, 3.8) is 0 Å². The molecule has 0 heterocycles. The molecule has 0 fully saturated rings. The highest BCUT2D eigenvalue weighted by atomic mass is 32.2. The first kappa shape index (κ1) is 13.6. The molecule has 0 aromatic heterocycles. The number of nitrogens with zero attached hydrogens (tertiary/aromatic N) is 1. The molecule has 0 aliphatic rings. The molecule has 0 aliphatic carbocycles. The summed E-state index contributed by atoms with van der Waals surface area (Å²) < 4.78 is 38.4. The molecule has 1 aromatic carbocycles. The van der Waals surface area contributed by atoms with Crippen LogP contribution in [0.4, 0.5) is 4.39 Å². The Balaban J connectivity index is 3.15. The van der Waals surface area contributed by atoms with Gasteiger partial charge in [-0.05, 0) is 18.2 Å². The zero-order valence-corrected chi connectivity index (χ0v) is 10.2. The van der Waals surface area contributed by atoms with Crippen LogP contribution in [0, 0.1) is 5.82 Å². The first-order chi connectivity index (χ1) is 8.02. The number of benzene rings is 1. The van der Waals surface area contributed by atoms with Gasteiger partial charge in [-0.25, -0.2) is 12.8 Å². The van der Waals surface area contributed by atoms with Crippen LogP contribution < -0.4 is 0 Å². The van der Waals surface area contributed by atoms with E-state index in [9.17, 15) is 12.8 Å². The summed E-state index contributed by atoms with van der Waals surface area (Å²) in [6.45, 7) is 7.30. The molecule has 1 aromatic rings. The van der Waals surface area contributed by atoms with Gasteiger partial charge in [0.2, 0.25) is 10.0 Å². The number of sulfonamides is 1. The van der Waals surface area contributed by atoms with Crippen molar-refractivity contribution in [3.05, 3.63) is 55.4 Å². The lowest BCUT2D eigenvalue weighted by atomic mass is 10.4. The molecule has 0 radical (unpaired) electrons. The lowest BCUT2D eigenvalue weighted by molar-refractivity contribution is 0.473. The van der Waals surface area contributed by atoms with Crippen molar-refractivity contribution in [2.75, 3.05) is 13.1 Å². The average Bonchev–Trinajstić information content (AvgIpc) is 2.29. The molecule has 0 amide bonds. The molecule has 3 nitrogen and oxygen atoms in total. The third-order valence-corrected chi connectivity index (χ3v) is 3.93. The highest BCUT2D eigenvalue weighted by Gasteiger charge is 2.22. The number of rotatable bonds is 6. The molecule has 5 heteroatoms. The van der Waals surface area contributed by atoms with Crippen molar-refractivity contribution >= 4 is 10.0 Å². The van der Waals surface area contributed by atoms with Crippen LogP contribution in [0.5, 0.6) is 0 Å². The first-order valence-electron chi connectivity index (χ1n) is 5.00. The van der Waals surface area contributed by atoms with E-state index in [0.717, 1.165) is 6.07 Å². The normalized spacial score (nSPS) is 11.4. The van der Waals surface area contributed by atoms with E-state index >= 15 is 0 Å². The highest BCUT2D eigenvalue weighted by Crippen LogP contribution is 2.16. The van der Waals surface area contributed by atoms with E-state index in [0.29, 0.717) is 0 Å². The maximum Gasteiger partial charge on any atom is 0.243 e. The molecule has 0 spiro atoms. The third-order valence-electron chi connectivity index (χ3n) is 2.10. The zero-order valence-electron chi connectivity index (χ0n) is 9.34. The smallest absolute Gasteiger partial charge is 0.207 e. The van der Waals surface area contributed by atoms with E-state index in [4.69, 9.17) is 0 Å². The summed E-state index contributed by atoms with van der Waals surface area (Å²) in [5.74, 6) is -0.580. The Bertz CT molecular complexity index is 501. The van der Waals surface area contributed by atoms with Crippen molar-refractivity contribution in [1.29, 1.82) is 0 Å². The predicted octanol–water partition coefficient (Wildman–Crippen LogP) is 2.19. The molecule has 17 heavy (non-hydrogen) atoms. The molecule has 0 unspecified atom stereocenters. The second-order valence-corrected chi connectivity index (χ2v) is 5.29. The Morgan fingerprint density at radius 3 is 2.29 bits per heavy atom. The highest BCUT2D eigenvalue weighted by molar-refractivity contribution is 7.89. The van der Waals surface area contributed by atoms with Gasteiger partial charge in [-0.3, -0.25) is 0 Å². The van der Waals surface area contributed by atoms with E-state index in [1.165, 1.54) is 34.7 Å². The molecule has 1 rings (SSSR count). The fourth-order valence-corrected chi connectivity index (χ4v) is 2.75. The van der Waals surface area contributed by atoms with Crippen molar-refractivity contribution in [1.82, 2.24) is 4.31 Å². The van der Waals surface area contributed by atoms with E-state index in [-0.39, 0.29) is 18.0 Å². The van der Waals surface area contributed by atoms with Gasteiger partial charge >= 0.3 is 0 Å². The Hall–Kier alpha value is -1.46. The van der Waals surface area contributed by atoms with Crippen LogP contribution >= 0.6 is 0 Å². The maximum absolute atomic E-state index is 13.0. The van der Waals surface area contributed by atoms with E-state index < -0.39 is 15.8 Å². The third kappa shape index (κ3) is 3.25. The fourth-order valence-electron chi connectivity index (χ4n) is 1.34. The lowest BCUT2D eigenvalue weighted by Gasteiger charge is -2.18. The summed E-state index contributed by atoms with van der Waals surface area (Å²) in [6, 6.07) is 4.92. The minimum Gasteiger partial charge on any atom is -0.207 e. The predicted molar refractivity (Wildman–Crippen MR) is 65.6 cm³/mol. The van der Waals surface area contributed by atoms with Crippen molar-refractivity contribution in [2.45, 2.75) is 4.90 Å². The van der Waals surface area contributed by atoms with Gasteiger partial charge in [0.25, 0.3) is 0 Å². The van der Waals surface area contributed by atoms with Gasteiger partial charge in [0, 0.05) is 13.1 Å². The number of hydrogen-bond donors (Lipinski definition) is 0. The first-order valence-corrected chi connectivity index (χ1v) is 6.44. The van der Waals surface area contributed by atoms with Crippen LogP contribution in [0.1, 0.15) is 0 Å². The second-order valence-electron chi connectivity index (χ2n) is 3.36. The number of halogens is 1. The lowest BCUT2D eigenvalue weighted by Crippen LogP contribution is -2.31. The molecule has 0 aliphatic heterocycles. The van der Waals surface area contributed by atoms with E-state index in [2.05, 4.69) is 13.2 Å². The van der Waals surface area contributed by atoms with Crippen LogP contribution in [0.3, 0.4) is 0 Å². The molecular weight excluding hydrogens is 241 g/mol. The Morgan fingerprint density at radius 2 is 1.82 bits per heavy atom. The Kier molecular flexibility index (Phi) is 4.60. The maximum atomic E-state index is 13.0. The minimum absolute atomic E-state index is 0.0683. The van der Waals surface area contributed by atoms with Gasteiger partial charge in [0.05, 0.1) is 4.90 Å². The summed E-state index contributed by atoms with van der Waals surface area (Å²) in [5, 5.41) is 0. The van der Waals surface area contributed by atoms with Crippen LogP contribution in [0.25, 0.3) is 0 Å². The Morgan fingerprint density at radius 1 is 1.24 bits per heavy atom. The van der Waals surface area contributed by atoms with Gasteiger partial charge in [-0.2, -0.15) is 4.31 Å². The van der Waals surface area contributed by atoms with Crippen LogP contribution in [-0.4, -0.2) is 25.8 Å². The molecular formula is C12H14FNO2S. The summed E-state index contributed by atoms with van der Waals surface area (Å²) in [5.41, 5.74) is 0.